The van der Waals surface area contributed by atoms with Crippen LogP contribution in [0.5, 0.6) is 0 Å². The highest BCUT2D eigenvalue weighted by atomic mass is 19.4. The van der Waals surface area contributed by atoms with E-state index in [4.69, 9.17) is 0 Å². The summed E-state index contributed by atoms with van der Waals surface area (Å²) in [4.78, 5) is 34.8. The maximum Gasteiger partial charge on any atom is 0.406 e. The summed E-state index contributed by atoms with van der Waals surface area (Å²) in [6.07, 6.45) is -1.46. The number of nitrogens with zero attached hydrogens (tertiary/aromatic N) is 3. The van der Waals surface area contributed by atoms with Crippen LogP contribution in [0.4, 0.5) is 27.8 Å². The quantitative estimate of drug-likeness (QED) is 0.368. The topological polar surface area (TPSA) is 87.2 Å². The Balaban J connectivity index is 1.28. The summed E-state index contributed by atoms with van der Waals surface area (Å²) in [5.41, 5.74) is 1.40. The van der Waals surface area contributed by atoms with Crippen molar-refractivity contribution < 1.29 is 31.5 Å². The second kappa shape index (κ2) is 11.7. The molecule has 5 rings (SSSR count). The van der Waals surface area contributed by atoms with Crippen LogP contribution in [0.15, 0.2) is 67.0 Å². The molecule has 4 atom stereocenters. The third-order valence-electron chi connectivity index (χ3n) is 7.97. The van der Waals surface area contributed by atoms with Gasteiger partial charge in [0.1, 0.15) is 12.4 Å². The number of halogens is 5. The van der Waals surface area contributed by atoms with Crippen molar-refractivity contribution >= 4 is 17.6 Å². The first-order chi connectivity index (χ1) is 19.9. The van der Waals surface area contributed by atoms with Gasteiger partial charge in [-0.3, -0.25) is 19.9 Å². The summed E-state index contributed by atoms with van der Waals surface area (Å²) in [5, 5.41) is 5.28. The SMILES string of the molecule is CC1C(c2ccccc2)CC(NCC(F)(F)c2cnc3c(c2)CC(C(=O)Nc2ccccn2)C3)C(=O)N1CC(F)(F)F. The number of hydrogen-bond acceptors (Lipinski definition) is 5. The van der Waals surface area contributed by atoms with Crippen LogP contribution in [-0.4, -0.2) is 58.0 Å². The van der Waals surface area contributed by atoms with Crippen LogP contribution < -0.4 is 10.6 Å². The molecular weight excluding hydrogens is 557 g/mol. The average Bonchev–Trinajstić information content (AvgIpc) is 3.39. The molecule has 1 fully saturated rings. The van der Waals surface area contributed by atoms with Crippen LogP contribution in [0.25, 0.3) is 0 Å². The van der Waals surface area contributed by atoms with E-state index in [1.807, 2.05) is 0 Å². The van der Waals surface area contributed by atoms with Gasteiger partial charge in [-0.1, -0.05) is 36.4 Å². The lowest BCUT2D eigenvalue weighted by atomic mass is 9.81. The number of benzene rings is 1. The Morgan fingerprint density at radius 2 is 1.76 bits per heavy atom. The van der Waals surface area contributed by atoms with E-state index in [2.05, 4.69) is 20.6 Å². The molecule has 42 heavy (non-hydrogen) atoms. The Kier molecular flexibility index (Phi) is 8.27. The molecule has 1 aliphatic heterocycles. The minimum atomic E-state index is -4.64. The highest BCUT2D eigenvalue weighted by molar-refractivity contribution is 5.92. The number of nitrogens with one attached hydrogen (secondary N) is 2. The van der Waals surface area contributed by atoms with Gasteiger partial charge in [0.25, 0.3) is 5.92 Å². The fourth-order valence-corrected chi connectivity index (χ4v) is 5.74. The summed E-state index contributed by atoms with van der Waals surface area (Å²) in [5.74, 6) is -5.21. The highest BCUT2D eigenvalue weighted by Gasteiger charge is 2.46. The molecule has 2 amide bonds. The van der Waals surface area contributed by atoms with Crippen molar-refractivity contribution in [1.82, 2.24) is 20.2 Å². The van der Waals surface area contributed by atoms with E-state index >= 15 is 8.78 Å². The molecule has 1 saturated heterocycles. The minimum absolute atomic E-state index is 0.0734. The normalized spacial score (nSPS) is 22.6. The van der Waals surface area contributed by atoms with Crippen LogP contribution in [0.2, 0.25) is 0 Å². The van der Waals surface area contributed by atoms with E-state index in [1.165, 1.54) is 6.07 Å². The zero-order chi connectivity index (χ0) is 30.1. The van der Waals surface area contributed by atoms with E-state index < -0.39 is 60.6 Å². The van der Waals surface area contributed by atoms with Crippen LogP contribution in [-0.2, 0) is 28.4 Å². The van der Waals surface area contributed by atoms with E-state index in [0.717, 1.165) is 16.7 Å². The summed E-state index contributed by atoms with van der Waals surface area (Å²) in [6.45, 7) is -0.885. The molecule has 222 valence electrons. The second-order valence-corrected chi connectivity index (χ2v) is 10.9. The molecule has 0 bridgehead atoms. The van der Waals surface area contributed by atoms with Gasteiger partial charge in [0.05, 0.1) is 12.6 Å². The number of pyridine rings is 2. The third kappa shape index (κ3) is 6.59. The number of carbonyl (C=O) groups is 2. The van der Waals surface area contributed by atoms with Gasteiger partial charge in [0, 0.05) is 47.9 Å². The number of fused-ring (bicyclic) bond motifs is 1. The molecule has 2 aliphatic rings. The molecule has 2 N–H and O–H groups in total. The Bertz CT molecular complexity index is 1420. The Morgan fingerprint density at radius 1 is 1.02 bits per heavy atom. The van der Waals surface area contributed by atoms with E-state index in [9.17, 15) is 22.8 Å². The van der Waals surface area contributed by atoms with Crippen molar-refractivity contribution in [2.24, 2.45) is 5.92 Å². The minimum Gasteiger partial charge on any atom is -0.329 e. The highest BCUT2D eigenvalue weighted by Crippen LogP contribution is 2.37. The van der Waals surface area contributed by atoms with Crippen LogP contribution in [0, 0.1) is 5.92 Å². The molecule has 2 aromatic heterocycles. The predicted octanol–water partition coefficient (Wildman–Crippen LogP) is 4.85. The smallest absolute Gasteiger partial charge is 0.329 e. The van der Waals surface area contributed by atoms with Crippen LogP contribution in [0.1, 0.15) is 41.6 Å². The fraction of sp³-hybridized carbons (Fsp3) is 0.400. The maximum absolute atomic E-state index is 15.4. The summed E-state index contributed by atoms with van der Waals surface area (Å²) in [7, 11) is 0. The Morgan fingerprint density at radius 3 is 2.45 bits per heavy atom. The van der Waals surface area contributed by atoms with Gasteiger partial charge in [-0.05, 0) is 49.1 Å². The Hall–Kier alpha value is -3.93. The molecule has 1 aromatic carbocycles. The van der Waals surface area contributed by atoms with E-state index in [0.29, 0.717) is 23.5 Å². The largest absolute Gasteiger partial charge is 0.406 e. The molecule has 3 heterocycles. The van der Waals surface area contributed by atoms with Gasteiger partial charge in [-0.2, -0.15) is 22.0 Å². The van der Waals surface area contributed by atoms with Crippen molar-refractivity contribution in [3.8, 4) is 0 Å². The molecule has 0 spiro atoms. The number of aromatic nitrogens is 2. The molecule has 4 unspecified atom stereocenters. The summed E-state index contributed by atoms with van der Waals surface area (Å²) in [6, 6.07) is 13.2. The zero-order valence-corrected chi connectivity index (χ0v) is 22.7. The molecule has 3 aromatic rings. The number of amides is 2. The standard InChI is InChI=1S/C30H30F5N5O2/c1-18-23(19-7-3-2-4-8-19)14-25(28(42)40(18)17-30(33,34)35)38-16-29(31,32)22-12-20-11-21(13-24(20)37-15-22)27(41)39-26-9-5-6-10-36-26/h2-10,12,15,18,21,23,25,38H,11,13-14,16-17H2,1H3,(H,36,39,41). The molecule has 0 saturated carbocycles. The fourth-order valence-electron chi connectivity index (χ4n) is 5.74. The molecule has 7 nitrogen and oxygen atoms in total. The first-order valence-electron chi connectivity index (χ1n) is 13.6. The van der Waals surface area contributed by atoms with Crippen molar-refractivity contribution in [2.45, 2.75) is 56.3 Å². The van der Waals surface area contributed by atoms with Crippen molar-refractivity contribution in [2.75, 3.05) is 18.4 Å². The first kappa shape index (κ1) is 29.6. The van der Waals surface area contributed by atoms with Crippen molar-refractivity contribution in [3.63, 3.8) is 0 Å². The average molecular weight is 588 g/mol. The second-order valence-electron chi connectivity index (χ2n) is 10.9. The van der Waals surface area contributed by atoms with Crippen LogP contribution >= 0.6 is 0 Å². The van der Waals surface area contributed by atoms with Gasteiger partial charge in [-0.15, -0.1) is 0 Å². The maximum atomic E-state index is 15.4. The lowest BCUT2D eigenvalue weighted by Crippen LogP contribution is -2.59. The predicted molar refractivity (Wildman–Crippen MR) is 145 cm³/mol. The number of rotatable bonds is 8. The van der Waals surface area contributed by atoms with Gasteiger partial charge < -0.3 is 10.2 Å². The third-order valence-corrected chi connectivity index (χ3v) is 7.97. The lowest BCUT2D eigenvalue weighted by Gasteiger charge is -2.43. The Labute approximate surface area is 239 Å². The number of piperidine rings is 1. The van der Waals surface area contributed by atoms with E-state index in [-0.39, 0.29) is 18.7 Å². The molecular formula is C30H30F5N5O2. The van der Waals surface area contributed by atoms with Gasteiger partial charge in [0.15, 0.2) is 0 Å². The van der Waals surface area contributed by atoms with E-state index in [1.54, 1.807) is 61.7 Å². The summed E-state index contributed by atoms with van der Waals surface area (Å²) < 4.78 is 70.9. The van der Waals surface area contributed by atoms with Crippen molar-refractivity contribution in [1.29, 1.82) is 0 Å². The number of alkyl halides is 5. The number of anilines is 1. The molecule has 12 heteroatoms. The number of carbonyl (C=O) groups excluding carboxylic acids is 2. The first-order valence-corrected chi connectivity index (χ1v) is 13.6. The van der Waals surface area contributed by atoms with Gasteiger partial charge >= 0.3 is 6.18 Å². The zero-order valence-electron chi connectivity index (χ0n) is 22.7. The van der Waals surface area contributed by atoms with Gasteiger partial charge in [0.2, 0.25) is 11.8 Å². The monoisotopic (exact) mass is 587 g/mol. The number of hydrogen-bond donors (Lipinski definition) is 2. The van der Waals surface area contributed by atoms with Crippen molar-refractivity contribution in [3.05, 3.63) is 89.4 Å². The van der Waals surface area contributed by atoms with Crippen LogP contribution in [0.3, 0.4) is 0 Å². The van der Waals surface area contributed by atoms with Gasteiger partial charge in [-0.25, -0.2) is 4.98 Å². The molecule has 1 aliphatic carbocycles. The molecule has 0 radical (unpaired) electrons. The summed E-state index contributed by atoms with van der Waals surface area (Å²) >= 11 is 0. The lowest BCUT2D eigenvalue weighted by molar-refractivity contribution is -0.171. The number of likely N-dealkylation sites (tertiary alicyclic amines) is 1.